The molecule has 34 heavy (non-hydrogen) atoms. The summed E-state index contributed by atoms with van der Waals surface area (Å²) in [6, 6.07) is 8.38. The fraction of sp³-hybridized carbons (Fsp3) is 0.517. The van der Waals surface area contributed by atoms with Crippen LogP contribution in [-0.4, -0.2) is 48.7 Å². The van der Waals surface area contributed by atoms with Crippen LogP contribution in [0.15, 0.2) is 54.3 Å². The minimum Gasteiger partial charge on any atom is -0.494 e. The number of fused-ring (bicyclic) bond motifs is 1. The Kier molecular flexibility index (Phi) is 7.00. The van der Waals surface area contributed by atoms with Crippen molar-refractivity contribution in [1.29, 1.82) is 0 Å². The second-order valence-corrected chi connectivity index (χ2v) is 9.85. The second kappa shape index (κ2) is 10.3. The summed E-state index contributed by atoms with van der Waals surface area (Å²) >= 11 is 0. The number of ether oxygens (including phenoxy) is 2. The molecule has 180 valence electrons. The first-order valence-electron chi connectivity index (χ1n) is 12.9. The summed E-state index contributed by atoms with van der Waals surface area (Å²) in [6.07, 6.45) is 14.9. The van der Waals surface area contributed by atoms with Crippen LogP contribution in [0.4, 0.5) is 0 Å². The van der Waals surface area contributed by atoms with Gasteiger partial charge in [0.05, 0.1) is 7.11 Å². The van der Waals surface area contributed by atoms with Crippen molar-refractivity contribution in [2.24, 2.45) is 11.8 Å². The zero-order valence-electron chi connectivity index (χ0n) is 20.4. The Balaban J connectivity index is 1.24. The maximum Gasteiger partial charge on any atom is 0.251 e. The van der Waals surface area contributed by atoms with Gasteiger partial charge in [-0.15, -0.1) is 0 Å². The maximum absolute atomic E-state index is 12.7. The van der Waals surface area contributed by atoms with E-state index in [1.165, 1.54) is 11.1 Å². The largest absolute Gasteiger partial charge is 0.494 e. The van der Waals surface area contributed by atoms with Gasteiger partial charge < -0.3 is 14.4 Å². The van der Waals surface area contributed by atoms with E-state index in [-0.39, 0.29) is 12.0 Å². The van der Waals surface area contributed by atoms with Crippen molar-refractivity contribution in [3.05, 3.63) is 59.8 Å². The lowest BCUT2D eigenvalue weighted by Crippen LogP contribution is -2.44. The molecule has 0 spiro atoms. The number of carbonyl (C=O) groups excluding carboxylic acids is 1. The number of methoxy groups -OCH3 is 1. The molecule has 1 amide bonds. The topological polar surface area (TPSA) is 51.7 Å². The predicted octanol–water partition coefficient (Wildman–Crippen LogP) is 5.66. The molecule has 5 heteroatoms. The third-order valence-electron chi connectivity index (χ3n) is 7.98. The molecule has 1 aromatic heterocycles. The third-order valence-corrected chi connectivity index (χ3v) is 7.98. The van der Waals surface area contributed by atoms with E-state index in [2.05, 4.69) is 48.3 Å². The molecular weight excluding hydrogens is 424 g/mol. The van der Waals surface area contributed by atoms with Crippen LogP contribution in [0.3, 0.4) is 0 Å². The average Bonchev–Trinajstić information content (AvgIpc) is 3.44. The van der Waals surface area contributed by atoms with E-state index in [0.717, 1.165) is 74.9 Å². The molecule has 3 heterocycles. The Labute approximate surface area is 202 Å². The number of pyridine rings is 1. The first-order valence-corrected chi connectivity index (χ1v) is 12.9. The highest BCUT2D eigenvalue weighted by Gasteiger charge is 2.33. The van der Waals surface area contributed by atoms with Crippen molar-refractivity contribution in [3.63, 3.8) is 0 Å². The van der Waals surface area contributed by atoms with Crippen LogP contribution >= 0.6 is 0 Å². The second-order valence-electron chi connectivity index (χ2n) is 9.85. The number of allylic oxidation sites excluding steroid dienone is 4. The van der Waals surface area contributed by atoms with Crippen molar-refractivity contribution in [3.8, 4) is 5.75 Å². The lowest BCUT2D eigenvalue weighted by atomic mass is 9.75. The average molecular weight is 461 g/mol. The van der Waals surface area contributed by atoms with E-state index in [1.807, 2.05) is 17.2 Å². The summed E-state index contributed by atoms with van der Waals surface area (Å²) in [5, 5.41) is 1.11. The number of rotatable bonds is 6. The van der Waals surface area contributed by atoms with Gasteiger partial charge in [0.15, 0.2) is 0 Å². The Hall–Kier alpha value is -2.66. The van der Waals surface area contributed by atoms with E-state index < -0.39 is 0 Å². The van der Waals surface area contributed by atoms with Gasteiger partial charge in [0, 0.05) is 42.8 Å². The minimum absolute atomic E-state index is 0.193. The lowest BCUT2D eigenvalue weighted by molar-refractivity contribution is -0.142. The van der Waals surface area contributed by atoms with Gasteiger partial charge in [-0.25, -0.2) is 0 Å². The number of piperidine rings is 1. The number of likely N-dealkylation sites (tertiary alicyclic amines) is 1. The number of benzene rings is 1. The Morgan fingerprint density at radius 3 is 2.76 bits per heavy atom. The molecule has 2 fully saturated rings. The first kappa shape index (κ1) is 23.1. The van der Waals surface area contributed by atoms with E-state index >= 15 is 0 Å². The van der Waals surface area contributed by atoms with Crippen LogP contribution in [0.5, 0.6) is 5.75 Å². The highest BCUT2D eigenvalue weighted by Crippen LogP contribution is 2.40. The van der Waals surface area contributed by atoms with Gasteiger partial charge in [0.25, 0.3) is 5.91 Å². The van der Waals surface area contributed by atoms with Gasteiger partial charge in [-0.1, -0.05) is 43.4 Å². The monoisotopic (exact) mass is 460 g/mol. The van der Waals surface area contributed by atoms with Crippen molar-refractivity contribution in [1.82, 2.24) is 9.88 Å². The SMILES string of the molecule is CCC(C1=CCC(c2ccc3cccnc3c2OC)C=C1)C1CCN(C(=O)[C@H]2CCCO2)CC1. The fourth-order valence-electron chi connectivity index (χ4n) is 6.12. The third kappa shape index (κ3) is 4.50. The molecule has 2 aromatic rings. The molecule has 3 aliphatic rings. The maximum atomic E-state index is 12.7. The summed E-state index contributed by atoms with van der Waals surface area (Å²) in [6.45, 7) is 4.75. The van der Waals surface area contributed by atoms with Gasteiger partial charge in [0.2, 0.25) is 0 Å². The molecule has 2 aliphatic heterocycles. The van der Waals surface area contributed by atoms with Gasteiger partial charge in [0.1, 0.15) is 17.4 Å². The molecule has 5 nitrogen and oxygen atoms in total. The van der Waals surface area contributed by atoms with Crippen LogP contribution in [0, 0.1) is 11.8 Å². The van der Waals surface area contributed by atoms with E-state index in [1.54, 1.807) is 7.11 Å². The number of hydrogen-bond donors (Lipinski definition) is 0. The normalized spacial score (nSPS) is 24.3. The molecule has 2 unspecified atom stereocenters. The van der Waals surface area contributed by atoms with Crippen LogP contribution in [-0.2, 0) is 9.53 Å². The Bertz CT molecular complexity index is 1080. The smallest absolute Gasteiger partial charge is 0.251 e. The number of aromatic nitrogens is 1. The predicted molar refractivity (Wildman–Crippen MR) is 135 cm³/mol. The summed E-state index contributed by atoms with van der Waals surface area (Å²) in [4.78, 5) is 19.3. The molecule has 1 aliphatic carbocycles. The molecule has 3 atom stereocenters. The Morgan fingerprint density at radius 1 is 1.24 bits per heavy atom. The van der Waals surface area contributed by atoms with E-state index in [4.69, 9.17) is 9.47 Å². The molecule has 0 saturated carbocycles. The minimum atomic E-state index is -0.193. The molecular formula is C29H36N2O3. The van der Waals surface area contributed by atoms with Crippen molar-refractivity contribution < 1.29 is 14.3 Å². The fourth-order valence-corrected chi connectivity index (χ4v) is 6.12. The van der Waals surface area contributed by atoms with Gasteiger partial charge in [-0.05, 0) is 62.0 Å². The number of carbonyl (C=O) groups is 1. The zero-order valence-corrected chi connectivity index (χ0v) is 20.4. The summed E-state index contributed by atoms with van der Waals surface area (Å²) in [5.74, 6) is 2.58. The highest BCUT2D eigenvalue weighted by molar-refractivity contribution is 5.86. The molecule has 1 aromatic carbocycles. The van der Waals surface area contributed by atoms with E-state index in [0.29, 0.717) is 17.8 Å². The van der Waals surface area contributed by atoms with Gasteiger partial charge >= 0.3 is 0 Å². The number of hydrogen-bond acceptors (Lipinski definition) is 4. The molecule has 5 rings (SSSR count). The van der Waals surface area contributed by atoms with Crippen LogP contribution in [0.1, 0.15) is 56.9 Å². The molecule has 0 bridgehead atoms. The molecule has 0 N–H and O–H groups in total. The summed E-state index contributed by atoms with van der Waals surface area (Å²) in [5.41, 5.74) is 3.59. The van der Waals surface area contributed by atoms with Gasteiger partial charge in [-0.3, -0.25) is 9.78 Å². The van der Waals surface area contributed by atoms with Crippen molar-refractivity contribution in [2.75, 3.05) is 26.8 Å². The standard InChI is InChI=1S/C29H36N2O3/c1-3-24(22-14-17-31(18-15-22)29(32)26-7-5-19-34-26)20-8-10-21(11-9-20)25-13-12-23-6-4-16-30-27(23)28(25)33-2/h4,6,8-10,12-13,16,21-22,24,26H,3,5,7,11,14-15,17-19H2,1-2H3/t21?,24?,26-/m1/s1. The zero-order chi connectivity index (χ0) is 23.5. The number of nitrogens with zero attached hydrogens (tertiary/aromatic N) is 2. The lowest BCUT2D eigenvalue weighted by Gasteiger charge is -2.37. The van der Waals surface area contributed by atoms with E-state index in [9.17, 15) is 4.79 Å². The quantitative estimate of drug-likeness (QED) is 0.558. The molecule has 2 saturated heterocycles. The van der Waals surface area contributed by atoms with Crippen LogP contribution in [0.2, 0.25) is 0 Å². The van der Waals surface area contributed by atoms with Crippen molar-refractivity contribution in [2.45, 2.75) is 57.5 Å². The first-order chi connectivity index (χ1) is 16.7. The highest BCUT2D eigenvalue weighted by atomic mass is 16.5. The number of amides is 1. The summed E-state index contributed by atoms with van der Waals surface area (Å²) in [7, 11) is 1.74. The molecule has 0 radical (unpaired) electrons. The summed E-state index contributed by atoms with van der Waals surface area (Å²) < 4.78 is 11.4. The van der Waals surface area contributed by atoms with Crippen LogP contribution in [0.25, 0.3) is 10.9 Å². The van der Waals surface area contributed by atoms with Gasteiger partial charge in [-0.2, -0.15) is 0 Å². The Morgan fingerprint density at radius 2 is 2.09 bits per heavy atom. The van der Waals surface area contributed by atoms with Crippen molar-refractivity contribution >= 4 is 16.8 Å². The van der Waals surface area contributed by atoms with Crippen LogP contribution < -0.4 is 4.74 Å².